The quantitative estimate of drug-likeness (QED) is 0.592. The smallest absolute Gasteiger partial charge is 0.261 e. The molecule has 0 bridgehead atoms. The summed E-state index contributed by atoms with van der Waals surface area (Å²) < 4.78 is 28.1. The highest BCUT2D eigenvalue weighted by molar-refractivity contribution is 9.10. The summed E-state index contributed by atoms with van der Waals surface area (Å²) >= 11 is 3.39. The fraction of sp³-hybridized carbons (Fsp3) is 0.0500. The third kappa shape index (κ3) is 4.75. The van der Waals surface area contributed by atoms with Crippen LogP contribution in [-0.4, -0.2) is 14.3 Å². The summed E-state index contributed by atoms with van der Waals surface area (Å²) in [5.41, 5.74) is 2.47. The van der Waals surface area contributed by atoms with E-state index in [1.165, 1.54) is 12.1 Å². The molecule has 0 saturated carbocycles. The van der Waals surface area contributed by atoms with Crippen molar-refractivity contribution in [2.75, 3.05) is 10.0 Å². The van der Waals surface area contributed by atoms with Gasteiger partial charge in [-0.05, 0) is 67.1 Å². The second-order valence-electron chi connectivity index (χ2n) is 5.91. The number of sulfonamides is 1. The van der Waals surface area contributed by atoms with Crippen molar-refractivity contribution in [2.24, 2.45) is 0 Å². The Morgan fingerprint density at radius 2 is 1.59 bits per heavy atom. The molecular weight excluding hydrogens is 428 g/mol. The van der Waals surface area contributed by atoms with Gasteiger partial charge < -0.3 is 5.32 Å². The number of anilines is 2. The van der Waals surface area contributed by atoms with Gasteiger partial charge in [0.05, 0.1) is 4.90 Å². The predicted octanol–water partition coefficient (Wildman–Crippen LogP) is 4.81. The SMILES string of the molecule is Cc1cc(Br)ccc1NC(=O)c1ccc(NS(=O)(=O)c2ccccc2)cc1. The van der Waals surface area contributed by atoms with Crippen LogP contribution in [0.1, 0.15) is 15.9 Å². The number of nitrogens with one attached hydrogen (secondary N) is 2. The minimum atomic E-state index is -3.66. The predicted molar refractivity (Wildman–Crippen MR) is 111 cm³/mol. The van der Waals surface area contributed by atoms with Crippen molar-refractivity contribution in [1.29, 1.82) is 0 Å². The highest BCUT2D eigenvalue weighted by Crippen LogP contribution is 2.21. The van der Waals surface area contributed by atoms with Crippen molar-refractivity contribution in [3.05, 3.63) is 88.4 Å². The zero-order valence-electron chi connectivity index (χ0n) is 14.4. The molecule has 0 fully saturated rings. The Labute approximate surface area is 166 Å². The summed E-state index contributed by atoms with van der Waals surface area (Å²) in [4.78, 5) is 12.6. The fourth-order valence-electron chi connectivity index (χ4n) is 2.47. The maximum Gasteiger partial charge on any atom is 0.261 e. The average Bonchev–Trinajstić information content (AvgIpc) is 2.65. The van der Waals surface area contributed by atoms with Crippen molar-refractivity contribution in [1.82, 2.24) is 0 Å². The molecule has 3 aromatic rings. The largest absolute Gasteiger partial charge is 0.322 e. The molecule has 3 aromatic carbocycles. The first-order chi connectivity index (χ1) is 12.8. The zero-order valence-corrected chi connectivity index (χ0v) is 16.8. The van der Waals surface area contributed by atoms with Crippen molar-refractivity contribution in [3.63, 3.8) is 0 Å². The average molecular weight is 445 g/mol. The first-order valence-electron chi connectivity index (χ1n) is 8.10. The first kappa shape index (κ1) is 19.1. The maximum atomic E-state index is 12.4. The van der Waals surface area contributed by atoms with Crippen LogP contribution in [0.15, 0.2) is 82.2 Å². The van der Waals surface area contributed by atoms with Crippen LogP contribution in [0.2, 0.25) is 0 Å². The maximum absolute atomic E-state index is 12.4. The zero-order chi connectivity index (χ0) is 19.4. The van der Waals surface area contributed by atoms with Gasteiger partial charge in [0.25, 0.3) is 15.9 Å². The van der Waals surface area contributed by atoms with Crippen molar-refractivity contribution in [3.8, 4) is 0 Å². The minimum Gasteiger partial charge on any atom is -0.322 e. The molecule has 7 heteroatoms. The Balaban J connectivity index is 1.72. The fourth-order valence-corrected chi connectivity index (χ4v) is 4.02. The molecule has 0 aliphatic carbocycles. The minimum absolute atomic E-state index is 0.178. The summed E-state index contributed by atoms with van der Waals surface area (Å²) in [6.45, 7) is 1.90. The Bertz CT molecular complexity index is 1070. The van der Waals surface area contributed by atoms with Crippen LogP contribution >= 0.6 is 15.9 Å². The summed E-state index contributed by atoms with van der Waals surface area (Å²) in [6.07, 6.45) is 0. The highest BCUT2D eigenvalue weighted by atomic mass is 79.9. The van der Waals surface area contributed by atoms with Gasteiger partial charge in [0.15, 0.2) is 0 Å². The van der Waals surface area contributed by atoms with Gasteiger partial charge in [0.2, 0.25) is 0 Å². The van der Waals surface area contributed by atoms with E-state index in [0.29, 0.717) is 11.3 Å². The topological polar surface area (TPSA) is 75.3 Å². The van der Waals surface area contributed by atoms with Crippen LogP contribution in [0.25, 0.3) is 0 Å². The third-order valence-electron chi connectivity index (χ3n) is 3.89. The van der Waals surface area contributed by atoms with E-state index in [1.54, 1.807) is 42.5 Å². The number of halogens is 1. The second-order valence-corrected chi connectivity index (χ2v) is 8.51. The number of amides is 1. The summed E-state index contributed by atoms with van der Waals surface area (Å²) in [5.74, 6) is -0.266. The van der Waals surface area contributed by atoms with Crippen LogP contribution in [0.3, 0.4) is 0 Å². The van der Waals surface area contributed by atoms with Gasteiger partial charge in [-0.15, -0.1) is 0 Å². The first-order valence-corrected chi connectivity index (χ1v) is 10.4. The number of hydrogen-bond acceptors (Lipinski definition) is 3. The molecule has 0 aliphatic rings. The van der Waals surface area contributed by atoms with Gasteiger partial charge in [-0.25, -0.2) is 8.42 Å². The van der Waals surface area contributed by atoms with Crippen LogP contribution in [0.4, 0.5) is 11.4 Å². The van der Waals surface area contributed by atoms with Crippen molar-refractivity contribution < 1.29 is 13.2 Å². The molecule has 138 valence electrons. The van der Waals surface area contributed by atoms with Crippen LogP contribution in [0.5, 0.6) is 0 Å². The number of carbonyl (C=O) groups is 1. The molecule has 0 spiro atoms. The highest BCUT2D eigenvalue weighted by Gasteiger charge is 2.14. The van der Waals surface area contributed by atoms with E-state index in [-0.39, 0.29) is 10.8 Å². The summed E-state index contributed by atoms with van der Waals surface area (Å²) in [5, 5.41) is 2.85. The number of rotatable bonds is 5. The Kier molecular flexibility index (Phi) is 5.62. The third-order valence-corrected chi connectivity index (χ3v) is 5.78. The van der Waals surface area contributed by atoms with E-state index in [4.69, 9.17) is 0 Å². The second kappa shape index (κ2) is 7.94. The summed E-state index contributed by atoms with van der Waals surface area (Å²) in [6, 6.07) is 20.0. The molecule has 0 radical (unpaired) electrons. The Morgan fingerprint density at radius 1 is 0.926 bits per heavy atom. The van der Waals surface area contributed by atoms with Gasteiger partial charge in [0.1, 0.15) is 0 Å². The van der Waals surface area contributed by atoms with E-state index < -0.39 is 10.0 Å². The van der Waals surface area contributed by atoms with Crippen LogP contribution < -0.4 is 10.0 Å². The van der Waals surface area contributed by atoms with E-state index in [0.717, 1.165) is 15.7 Å². The number of hydrogen-bond donors (Lipinski definition) is 2. The molecule has 0 saturated heterocycles. The Hall–Kier alpha value is -2.64. The molecule has 0 atom stereocenters. The monoisotopic (exact) mass is 444 g/mol. The number of carbonyl (C=O) groups excluding carboxylic acids is 1. The molecule has 27 heavy (non-hydrogen) atoms. The van der Waals surface area contributed by atoms with Crippen molar-refractivity contribution >= 4 is 43.2 Å². The van der Waals surface area contributed by atoms with Gasteiger partial charge in [-0.2, -0.15) is 0 Å². The van der Waals surface area contributed by atoms with Gasteiger partial charge in [0, 0.05) is 21.4 Å². The molecule has 1 amide bonds. The molecule has 3 rings (SSSR count). The Morgan fingerprint density at radius 3 is 2.22 bits per heavy atom. The van der Waals surface area contributed by atoms with E-state index >= 15 is 0 Å². The van der Waals surface area contributed by atoms with Crippen molar-refractivity contribution in [2.45, 2.75) is 11.8 Å². The van der Waals surface area contributed by atoms with Gasteiger partial charge in [-0.1, -0.05) is 34.1 Å². The standard InChI is InChI=1S/C20H17BrN2O3S/c1-14-13-16(21)9-12-19(14)22-20(24)15-7-10-17(11-8-15)23-27(25,26)18-5-3-2-4-6-18/h2-13,23H,1H3,(H,22,24). The number of benzene rings is 3. The number of aryl methyl sites for hydroxylation is 1. The molecule has 0 aromatic heterocycles. The van der Waals surface area contributed by atoms with Crippen LogP contribution in [-0.2, 0) is 10.0 Å². The van der Waals surface area contributed by atoms with E-state index in [1.807, 2.05) is 25.1 Å². The lowest BCUT2D eigenvalue weighted by atomic mass is 10.1. The lowest BCUT2D eigenvalue weighted by Crippen LogP contribution is -2.14. The van der Waals surface area contributed by atoms with Crippen LogP contribution in [0, 0.1) is 6.92 Å². The van der Waals surface area contributed by atoms with Gasteiger partial charge in [-0.3, -0.25) is 9.52 Å². The van der Waals surface area contributed by atoms with E-state index in [9.17, 15) is 13.2 Å². The lowest BCUT2D eigenvalue weighted by molar-refractivity contribution is 0.102. The lowest BCUT2D eigenvalue weighted by Gasteiger charge is -2.10. The molecule has 0 unspecified atom stereocenters. The van der Waals surface area contributed by atoms with Gasteiger partial charge >= 0.3 is 0 Å². The molecule has 0 heterocycles. The molecular formula is C20H17BrN2O3S. The molecule has 0 aliphatic heterocycles. The molecule has 2 N–H and O–H groups in total. The van der Waals surface area contributed by atoms with E-state index in [2.05, 4.69) is 26.0 Å². The molecule has 5 nitrogen and oxygen atoms in total. The summed E-state index contributed by atoms with van der Waals surface area (Å²) in [7, 11) is -3.66. The normalized spacial score (nSPS) is 11.0.